The van der Waals surface area contributed by atoms with Crippen molar-refractivity contribution in [1.82, 2.24) is 0 Å². The molecule has 1 aliphatic rings. The van der Waals surface area contributed by atoms with Gasteiger partial charge >= 0.3 is 0 Å². The Kier molecular flexibility index (Phi) is 4.30. The first-order valence-corrected chi connectivity index (χ1v) is 7.45. The van der Waals surface area contributed by atoms with E-state index in [2.05, 4.69) is 5.32 Å². The van der Waals surface area contributed by atoms with Crippen LogP contribution >= 0.6 is 11.6 Å². The zero-order chi connectivity index (χ0) is 16.4. The second-order valence-electron chi connectivity index (χ2n) is 5.17. The molecule has 0 saturated carbocycles. The number of ketones is 1. The summed E-state index contributed by atoms with van der Waals surface area (Å²) in [6, 6.07) is 8.93. The minimum absolute atomic E-state index is 0.0907. The van der Waals surface area contributed by atoms with E-state index >= 15 is 0 Å². The monoisotopic (exact) mass is 333 g/mol. The number of Topliss-reactive ketones (excluding diaryl/α,β-unsaturated/α-hetero) is 1. The normalized spacial score (nSPS) is 12.9. The molecule has 0 saturated heterocycles. The van der Waals surface area contributed by atoms with Gasteiger partial charge in [-0.05, 0) is 30.7 Å². The van der Waals surface area contributed by atoms with Gasteiger partial charge in [-0.3, -0.25) is 9.59 Å². The SMILES string of the molecule is O=C(COc1cccc2c1CCC2=O)Nc1ccc(F)cc1Cl. The van der Waals surface area contributed by atoms with E-state index < -0.39 is 11.7 Å². The summed E-state index contributed by atoms with van der Waals surface area (Å²) in [6.07, 6.45) is 1.09. The summed E-state index contributed by atoms with van der Waals surface area (Å²) in [7, 11) is 0. The molecule has 0 radical (unpaired) electrons. The lowest BCUT2D eigenvalue weighted by Gasteiger charge is -2.11. The van der Waals surface area contributed by atoms with Crippen LogP contribution in [0.25, 0.3) is 0 Å². The van der Waals surface area contributed by atoms with E-state index in [4.69, 9.17) is 16.3 Å². The fraction of sp³-hybridized carbons (Fsp3) is 0.176. The van der Waals surface area contributed by atoms with Crippen molar-refractivity contribution in [3.8, 4) is 5.75 Å². The highest BCUT2D eigenvalue weighted by Crippen LogP contribution is 2.30. The largest absolute Gasteiger partial charge is 0.483 e. The number of fused-ring (bicyclic) bond motifs is 1. The Morgan fingerprint density at radius 2 is 2.09 bits per heavy atom. The molecule has 6 heteroatoms. The number of benzene rings is 2. The Hall–Kier alpha value is -2.40. The van der Waals surface area contributed by atoms with Crippen molar-refractivity contribution in [1.29, 1.82) is 0 Å². The van der Waals surface area contributed by atoms with Crippen molar-refractivity contribution in [2.75, 3.05) is 11.9 Å². The van der Waals surface area contributed by atoms with E-state index in [0.717, 1.165) is 11.6 Å². The molecule has 23 heavy (non-hydrogen) atoms. The van der Waals surface area contributed by atoms with Crippen LogP contribution in [0, 0.1) is 5.82 Å². The lowest BCUT2D eigenvalue weighted by molar-refractivity contribution is -0.118. The number of amides is 1. The van der Waals surface area contributed by atoms with Gasteiger partial charge in [0.1, 0.15) is 11.6 Å². The molecule has 0 heterocycles. The number of hydrogen-bond donors (Lipinski definition) is 1. The van der Waals surface area contributed by atoms with Gasteiger partial charge in [-0.25, -0.2) is 4.39 Å². The van der Waals surface area contributed by atoms with Gasteiger partial charge < -0.3 is 10.1 Å². The lowest BCUT2D eigenvalue weighted by Crippen LogP contribution is -2.20. The number of ether oxygens (including phenoxy) is 1. The first-order valence-electron chi connectivity index (χ1n) is 7.07. The van der Waals surface area contributed by atoms with Gasteiger partial charge in [-0.2, -0.15) is 0 Å². The van der Waals surface area contributed by atoms with Crippen LogP contribution in [0.1, 0.15) is 22.3 Å². The fourth-order valence-electron chi connectivity index (χ4n) is 2.51. The number of hydrogen-bond acceptors (Lipinski definition) is 3. The molecule has 0 atom stereocenters. The predicted octanol–water partition coefficient (Wildman–Crippen LogP) is 3.63. The second-order valence-corrected chi connectivity index (χ2v) is 5.57. The van der Waals surface area contributed by atoms with Gasteiger partial charge in [0.05, 0.1) is 10.7 Å². The third-order valence-corrected chi connectivity index (χ3v) is 3.91. The lowest BCUT2D eigenvalue weighted by atomic mass is 10.1. The summed E-state index contributed by atoms with van der Waals surface area (Å²) in [5, 5.41) is 2.67. The van der Waals surface area contributed by atoms with Gasteiger partial charge in [-0.15, -0.1) is 0 Å². The van der Waals surface area contributed by atoms with E-state index in [1.54, 1.807) is 18.2 Å². The molecule has 1 N–H and O–H groups in total. The molecule has 1 amide bonds. The average molecular weight is 334 g/mol. The van der Waals surface area contributed by atoms with Gasteiger partial charge in [-0.1, -0.05) is 23.7 Å². The summed E-state index contributed by atoms with van der Waals surface area (Å²) < 4.78 is 18.5. The summed E-state index contributed by atoms with van der Waals surface area (Å²) in [6.45, 7) is -0.224. The van der Waals surface area contributed by atoms with E-state index in [-0.39, 0.29) is 17.4 Å². The quantitative estimate of drug-likeness (QED) is 0.929. The van der Waals surface area contributed by atoms with Crippen molar-refractivity contribution >= 4 is 29.0 Å². The van der Waals surface area contributed by atoms with E-state index in [0.29, 0.717) is 29.8 Å². The maximum atomic E-state index is 13.0. The highest BCUT2D eigenvalue weighted by atomic mass is 35.5. The molecule has 0 spiro atoms. The summed E-state index contributed by atoms with van der Waals surface area (Å²) in [5.74, 6) is -0.268. The minimum Gasteiger partial charge on any atom is -0.483 e. The maximum absolute atomic E-state index is 13.0. The molecule has 0 unspecified atom stereocenters. The summed E-state index contributed by atoms with van der Waals surface area (Å²) in [4.78, 5) is 23.6. The Balaban J connectivity index is 1.65. The third kappa shape index (κ3) is 3.35. The van der Waals surface area contributed by atoms with Crippen LogP contribution in [0.15, 0.2) is 36.4 Å². The summed E-state index contributed by atoms with van der Waals surface area (Å²) in [5.41, 5.74) is 1.81. The average Bonchev–Trinajstić information content (AvgIpc) is 2.90. The first kappa shape index (κ1) is 15.5. The Morgan fingerprint density at radius 3 is 2.87 bits per heavy atom. The zero-order valence-electron chi connectivity index (χ0n) is 12.1. The molecule has 0 bridgehead atoms. The first-order chi connectivity index (χ1) is 11.0. The highest BCUT2D eigenvalue weighted by molar-refractivity contribution is 6.33. The third-order valence-electron chi connectivity index (χ3n) is 3.60. The number of carbonyl (C=O) groups is 2. The molecule has 0 aromatic heterocycles. The fourth-order valence-corrected chi connectivity index (χ4v) is 2.73. The molecule has 2 aromatic carbocycles. The van der Waals surface area contributed by atoms with Crippen molar-refractivity contribution < 1.29 is 18.7 Å². The predicted molar refractivity (Wildman–Crippen MR) is 84.6 cm³/mol. The Bertz CT molecular complexity index is 791. The van der Waals surface area contributed by atoms with Crippen LogP contribution < -0.4 is 10.1 Å². The van der Waals surface area contributed by atoms with Crippen LogP contribution in [0.2, 0.25) is 5.02 Å². The standard InChI is InChI=1S/C17H13ClFNO3/c18-13-8-10(19)4-6-14(13)20-17(22)9-23-16-3-1-2-11-12(16)5-7-15(11)21/h1-4,6,8H,5,7,9H2,(H,20,22). The smallest absolute Gasteiger partial charge is 0.262 e. The van der Waals surface area contributed by atoms with Crippen LogP contribution in [-0.4, -0.2) is 18.3 Å². The number of anilines is 1. The molecule has 118 valence electrons. The van der Waals surface area contributed by atoms with Crippen LogP contribution in [0.3, 0.4) is 0 Å². The molecule has 2 aromatic rings. The number of nitrogens with one attached hydrogen (secondary N) is 1. The van der Waals surface area contributed by atoms with Crippen LogP contribution in [-0.2, 0) is 11.2 Å². The van der Waals surface area contributed by atoms with Crippen molar-refractivity contribution in [2.45, 2.75) is 12.8 Å². The van der Waals surface area contributed by atoms with Gasteiger partial charge in [0.2, 0.25) is 0 Å². The minimum atomic E-state index is -0.478. The van der Waals surface area contributed by atoms with Crippen LogP contribution in [0.5, 0.6) is 5.75 Å². The van der Waals surface area contributed by atoms with Gasteiger partial charge in [0.25, 0.3) is 5.91 Å². The van der Waals surface area contributed by atoms with Crippen molar-refractivity contribution in [3.63, 3.8) is 0 Å². The Labute approximate surface area is 137 Å². The molecule has 3 rings (SSSR count). The van der Waals surface area contributed by atoms with Crippen molar-refractivity contribution in [2.24, 2.45) is 0 Å². The summed E-state index contributed by atoms with van der Waals surface area (Å²) >= 11 is 5.85. The molecule has 1 aliphatic carbocycles. The number of rotatable bonds is 4. The topological polar surface area (TPSA) is 55.4 Å². The van der Waals surface area contributed by atoms with Crippen LogP contribution in [0.4, 0.5) is 10.1 Å². The molecule has 0 aliphatic heterocycles. The Morgan fingerprint density at radius 1 is 1.26 bits per heavy atom. The molecule has 0 fully saturated rings. The molecular weight excluding hydrogens is 321 g/mol. The van der Waals surface area contributed by atoms with Gasteiger partial charge in [0, 0.05) is 17.5 Å². The van der Waals surface area contributed by atoms with E-state index in [9.17, 15) is 14.0 Å². The van der Waals surface area contributed by atoms with Gasteiger partial charge in [0.15, 0.2) is 12.4 Å². The maximum Gasteiger partial charge on any atom is 0.262 e. The molecular formula is C17H13ClFNO3. The zero-order valence-corrected chi connectivity index (χ0v) is 12.8. The van der Waals surface area contributed by atoms with E-state index in [1.807, 2.05) is 0 Å². The second kappa shape index (κ2) is 6.38. The van der Waals surface area contributed by atoms with E-state index in [1.165, 1.54) is 12.1 Å². The van der Waals surface area contributed by atoms with Crippen molar-refractivity contribution in [3.05, 3.63) is 58.4 Å². The molecule has 4 nitrogen and oxygen atoms in total. The number of carbonyl (C=O) groups excluding carboxylic acids is 2. The highest BCUT2D eigenvalue weighted by Gasteiger charge is 2.22. The number of halogens is 2.